The molecule has 0 bridgehead atoms. The Morgan fingerprint density at radius 3 is 2.92 bits per heavy atom. The molecule has 0 fully saturated rings. The van der Waals surface area contributed by atoms with Gasteiger partial charge in [0.25, 0.3) is 11.1 Å². The number of aromatic nitrogens is 2. The zero-order valence-corrected chi connectivity index (χ0v) is 13.3. The van der Waals surface area contributed by atoms with Crippen LogP contribution in [0.1, 0.15) is 17.5 Å². The van der Waals surface area contributed by atoms with E-state index in [1.54, 1.807) is 0 Å². The number of hydrogen-bond acceptors (Lipinski definition) is 4. The number of nitrogens with one attached hydrogen (secondary N) is 3. The van der Waals surface area contributed by atoms with E-state index in [1.165, 1.54) is 11.3 Å². The molecule has 24 heavy (non-hydrogen) atoms. The van der Waals surface area contributed by atoms with Gasteiger partial charge in [-0.25, -0.2) is 0 Å². The summed E-state index contributed by atoms with van der Waals surface area (Å²) in [5.74, 6) is -0.267. The van der Waals surface area contributed by atoms with E-state index >= 15 is 0 Å². The van der Waals surface area contributed by atoms with Gasteiger partial charge in [0.05, 0.1) is 6.42 Å². The first-order valence-corrected chi connectivity index (χ1v) is 8.04. The highest BCUT2D eigenvalue weighted by atomic mass is 16.2. The molecule has 0 spiro atoms. The Balaban J connectivity index is 1.54. The molecule has 1 aromatic heterocycles. The first-order chi connectivity index (χ1) is 11.6. The maximum atomic E-state index is 12.0. The number of hydrogen-bond donors (Lipinski definition) is 3. The molecule has 1 amide bonds. The second kappa shape index (κ2) is 7.16. The van der Waals surface area contributed by atoms with Crippen molar-refractivity contribution in [3.63, 3.8) is 0 Å². The van der Waals surface area contributed by atoms with Crippen LogP contribution < -0.4 is 21.3 Å². The van der Waals surface area contributed by atoms with E-state index in [-0.39, 0.29) is 17.9 Å². The highest BCUT2D eigenvalue weighted by molar-refractivity contribution is 5.78. The van der Waals surface area contributed by atoms with E-state index in [2.05, 4.69) is 32.5 Å². The molecular weight excluding hydrogens is 308 g/mol. The van der Waals surface area contributed by atoms with Crippen molar-refractivity contribution >= 4 is 11.6 Å². The van der Waals surface area contributed by atoms with Crippen LogP contribution >= 0.6 is 0 Å². The summed E-state index contributed by atoms with van der Waals surface area (Å²) >= 11 is 0. The average molecular weight is 328 g/mol. The molecule has 0 aliphatic carbocycles. The summed E-state index contributed by atoms with van der Waals surface area (Å²) in [6.45, 7) is 2.18. The van der Waals surface area contributed by atoms with Crippen LogP contribution in [0.15, 0.2) is 39.9 Å². The fourth-order valence-electron chi connectivity index (χ4n) is 3.00. The van der Waals surface area contributed by atoms with Gasteiger partial charge in [-0.3, -0.25) is 24.6 Å². The SMILES string of the molecule is O=C(Cc1cc(=O)[nH][nH]c1=O)NCCN1CCCc2ccccc21. The van der Waals surface area contributed by atoms with Gasteiger partial charge in [0.2, 0.25) is 5.91 Å². The first kappa shape index (κ1) is 16.0. The Morgan fingerprint density at radius 1 is 1.21 bits per heavy atom. The molecule has 1 aliphatic rings. The van der Waals surface area contributed by atoms with Crippen LogP contribution in [0, 0.1) is 0 Å². The molecule has 3 rings (SSSR count). The van der Waals surface area contributed by atoms with Gasteiger partial charge < -0.3 is 10.2 Å². The molecule has 1 aromatic carbocycles. The number of rotatable bonds is 5. The lowest BCUT2D eigenvalue weighted by atomic mass is 10.0. The number of carbonyl (C=O) groups excluding carboxylic acids is 1. The Bertz CT molecular complexity index is 840. The van der Waals surface area contributed by atoms with Crippen molar-refractivity contribution in [3.8, 4) is 0 Å². The smallest absolute Gasteiger partial charge is 0.266 e. The number of H-pyrrole nitrogens is 2. The third-order valence-corrected chi connectivity index (χ3v) is 4.16. The second-order valence-corrected chi connectivity index (χ2v) is 5.86. The number of fused-ring (bicyclic) bond motifs is 1. The molecule has 7 heteroatoms. The van der Waals surface area contributed by atoms with Gasteiger partial charge in [0.15, 0.2) is 0 Å². The molecule has 0 saturated carbocycles. The van der Waals surface area contributed by atoms with Crippen LogP contribution in [0.4, 0.5) is 5.69 Å². The summed E-state index contributed by atoms with van der Waals surface area (Å²) in [7, 11) is 0. The molecule has 2 aromatic rings. The predicted octanol–water partition coefficient (Wildman–Crippen LogP) is 0.175. The topological polar surface area (TPSA) is 98.1 Å². The number of anilines is 1. The van der Waals surface area contributed by atoms with E-state index in [9.17, 15) is 14.4 Å². The van der Waals surface area contributed by atoms with E-state index < -0.39 is 11.1 Å². The molecule has 0 atom stereocenters. The van der Waals surface area contributed by atoms with Gasteiger partial charge in [-0.05, 0) is 24.5 Å². The van der Waals surface area contributed by atoms with E-state index in [4.69, 9.17) is 0 Å². The second-order valence-electron chi connectivity index (χ2n) is 5.86. The summed E-state index contributed by atoms with van der Waals surface area (Å²) in [5, 5.41) is 7.20. The Morgan fingerprint density at radius 2 is 2.04 bits per heavy atom. The van der Waals surface area contributed by atoms with Gasteiger partial charge in [-0.1, -0.05) is 18.2 Å². The lowest BCUT2D eigenvalue weighted by Gasteiger charge is -2.31. The van der Waals surface area contributed by atoms with E-state index in [0.29, 0.717) is 13.1 Å². The van der Waals surface area contributed by atoms with Crippen molar-refractivity contribution in [1.29, 1.82) is 0 Å². The summed E-state index contributed by atoms with van der Waals surface area (Å²) in [6, 6.07) is 9.46. The molecule has 7 nitrogen and oxygen atoms in total. The maximum Gasteiger partial charge on any atom is 0.266 e. The largest absolute Gasteiger partial charge is 0.370 e. The number of aryl methyl sites for hydroxylation is 1. The highest BCUT2D eigenvalue weighted by Gasteiger charge is 2.16. The highest BCUT2D eigenvalue weighted by Crippen LogP contribution is 2.25. The lowest BCUT2D eigenvalue weighted by Crippen LogP contribution is -2.38. The Kier molecular flexibility index (Phi) is 4.79. The third kappa shape index (κ3) is 3.73. The number of carbonyl (C=O) groups is 1. The summed E-state index contributed by atoms with van der Waals surface area (Å²) in [4.78, 5) is 37.0. The van der Waals surface area contributed by atoms with Crippen LogP contribution in [-0.4, -0.2) is 35.7 Å². The van der Waals surface area contributed by atoms with Gasteiger partial charge in [0.1, 0.15) is 0 Å². The minimum Gasteiger partial charge on any atom is -0.370 e. The monoisotopic (exact) mass is 328 g/mol. The lowest BCUT2D eigenvalue weighted by molar-refractivity contribution is -0.120. The molecule has 0 radical (unpaired) electrons. The summed E-state index contributed by atoms with van der Waals surface area (Å²) in [6.07, 6.45) is 2.09. The fraction of sp³-hybridized carbons (Fsp3) is 0.353. The number of para-hydroxylation sites is 1. The molecule has 0 saturated heterocycles. The average Bonchev–Trinajstić information content (AvgIpc) is 2.58. The molecule has 0 unspecified atom stereocenters. The van der Waals surface area contributed by atoms with Crippen LogP contribution in [-0.2, 0) is 17.6 Å². The van der Waals surface area contributed by atoms with Crippen molar-refractivity contribution in [2.75, 3.05) is 24.5 Å². The Hall–Kier alpha value is -2.83. The maximum absolute atomic E-state index is 12.0. The van der Waals surface area contributed by atoms with Gasteiger partial charge >= 0.3 is 0 Å². The minimum atomic E-state index is -0.449. The number of amides is 1. The summed E-state index contributed by atoms with van der Waals surface area (Å²) < 4.78 is 0. The molecular formula is C17H20N4O3. The summed E-state index contributed by atoms with van der Waals surface area (Å²) in [5.41, 5.74) is 1.85. The zero-order chi connectivity index (χ0) is 16.9. The van der Waals surface area contributed by atoms with Crippen molar-refractivity contribution in [1.82, 2.24) is 15.5 Å². The van der Waals surface area contributed by atoms with Crippen molar-refractivity contribution in [3.05, 3.63) is 62.2 Å². The van der Waals surface area contributed by atoms with Crippen LogP contribution in [0.2, 0.25) is 0 Å². The van der Waals surface area contributed by atoms with Gasteiger partial charge in [-0.15, -0.1) is 0 Å². The minimum absolute atomic E-state index is 0.101. The quantitative estimate of drug-likeness (QED) is 0.729. The fourth-order valence-corrected chi connectivity index (χ4v) is 3.00. The van der Waals surface area contributed by atoms with E-state index in [1.807, 2.05) is 12.1 Å². The molecule has 126 valence electrons. The molecule has 1 aliphatic heterocycles. The number of aromatic amines is 2. The van der Waals surface area contributed by atoms with Crippen molar-refractivity contribution in [2.24, 2.45) is 0 Å². The third-order valence-electron chi connectivity index (χ3n) is 4.16. The zero-order valence-electron chi connectivity index (χ0n) is 13.3. The van der Waals surface area contributed by atoms with E-state index in [0.717, 1.165) is 25.5 Å². The van der Waals surface area contributed by atoms with Gasteiger partial charge in [-0.2, -0.15) is 0 Å². The normalized spacial score (nSPS) is 13.4. The Labute approximate surface area is 138 Å². The molecule has 2 heterocycles. The molecule has 3 N–H and O–H groups in total. The van der Waals surface area contributed by atoms with Crippen molar-refractivity contribution in [2.45, 2.75) is 19.3 Å². The van der Waals surface area contributed by atoms with Crippen LogP contribution in [0.25, 0.3) is 0 Å². The number of benzene rings is 1. The standard InChI is InChI=1S/C17H20N4O3/c22-15(10-13-11-16(23)19-20-17(13)24)18-7-9-21-8-3-5-12-4-1-2-6-14(12)21/h1-2,4,6,11H,3,5,7-10H2,(H,18,22)(H,19,23)(H,20,24). The van der Waals surface area contributed by atoms with Crippen LogP contribution in [0.3, 0.4) is 0 Å². The first-order valence-electron chi connectivity index (χ1n) is 8.04. The number of nitrogens with zero attached hydrogens (tertiary/aromatic N) is 1. The van der Waals surface area contributed by atoms with Crippen molar-refractivity contribution < 1.29 is 4.79 Å². The predicted molar refractivity (Wildman–Crippen MR) is 91.4 cm³/mol. The van der Waals surface area contributed by atoms with Crippen LogP contribution in [0.5, 0.6) is 0 Å². The van der Waals surface area contributed by atoms with Gasteiger partial charge in [0, 0.05) is 37.0 Å².